The lowest BCUT2D eigenvalue weighted by Crippen LogP contribution is -2.42. The van der Waals surface area contributed by atoms with Gasteiger partial charge in [-0.25, -0.2) is 9.59 Å². The number of carboxylic acid groups (broad SMARTS) is 1. The first kappa shape index (κ1) is 17.7. The number of aromatic carboxylic acids is 1. The molecule has 1 rings (SSSR count). The fourth-order valence-electron chi connectivity index (χ4n) is 1.86. The van der Waals surface area contributed by atoms with Crippen molar-refractivity contribution < 1.29 is 24.2 Å². The fraction of sp³-hybridized carbons (Fsp3) is 0.438. The molecule has 0 fully saturated rings. The molecule has 120 valence electrons. The molecule has 2 N–H and O–H groups in total. The van der Waals surface area contributed by atoms with Crippen LogP contribution >= 0.6 is 0 Å². The van der Waals surface area contributed by atoms with E-state index < -0.39 is 29.5 Å². The molecule has 6 heteroatoms. The molecule has 1 atom stereocenters. The Morgan fingerprint density at radius 3 is 2.32 bits per heavy atom. The van der Waals surface area contributed by atoms with E-state index in [1.165, 1.54) is 13.0 Å². The zero-order chi connectivity index (χ0) is 17.1. The van der Waals surface area contributed by atoms with Crippen LogP contribution in [0.25, 0.3) is 0 Å². The topological polar surface area (TPSA) is 92.7 Å². The van der Waals surface area contributed by atoms with Crippen LogP contribution in [0.2, 0.25) is 0 Å². The summed E-state index contributed by atoms with van der Waals surface area (Å²) in [6, 6.07) is 3.73. The molecule has 1 unspecified atom stereocenters. The number of carboxylic acids is 1. The van der Waals surface area contributed by atoms with Gasteiger partial charge in [0.1, 0.15) is 11.6 Å². The van der Waals surface area contributed by atoms with Crippen LogP contribution in [0.4, 0.5) is 0 Å². The van der Waals surface area contributed by atoms with Crippen molar-refractivity contribution in [2.75, 3.05) is 0 Å². The Bertz CT molecular complexity index is 601. The normalized spacial score (nSPS) is 12.4. The fourth-order valence-corrected chi connectivity index (χ4v) is 1.86. The van der Waals surface area contributed by atoms with Gasteiger partial charge in [0, 0.05) is 0 Å². The van der Waals surface area contributed by atoms with Gasteiger partial charge in [-0.2, -0.15) is 0 Å². The number of ether oxygens (including phenoxy) is 1. The zero-order valence-corrected chi connectivity index (χ0v) is 13.4. The van der Waals surface area contributed by atoms with Crippen LogP contribution in [0.15, 0.2) is 18.2 Å². The van der Waals surface area contributed by atoms with Gasteiger partial charge in [-0.05, 0) is 46.2 Å². The summed E-state index contributed by atoms with van der Waals surface area (Å²) < 4.78 is 5.17. The second kappa shape index (κ2) is 6.60. The molecule has 0 aromatic heterocycles. The van der Waals surface area contributed by atoms with Crippen molar-refractivity contribution in [1.82, 2.24) is 5.32 Å². The van der Waals surface area contributed by atoms with Crippen molar-refractivity contribution in [1.29, 1.82) is 0 Å². The second-order valence-electron chi connectivity index (χ2n) is 6.03. The van der Waals surface area contributed by atoms with E-state index in [1.54, 1.807) is 39.8 Å². The van der Waals surface area contributed by atoms with E-state index in [9.17, 15) is 19.5 Å². The Balaban J connectivity index is 2.93. The van der Waals surface area contributed by atoms with Crippen LogP contribution in [0.3, 0.4) is 0 Å². The summed E-state index contributed by atoms with van der Waals surface area (Å²) >= 11 is 0. The molecule has 0 heterocycles. The number of amides is 1. The minimum absolute atomic E-state index is 0.0166. The SMILES string of the molecule is Cc1cccc(C(=O)NC(C)C(=O)OC(C)(C)C)c1C(=O)O. The maximum absolute atomic E-state index is 12.2. The van der Waals surface area contributed by atoms with Crippen LogP contribution < -0.4 is 5.32 Å². The molecule has 0 bridgehead atoms. The second-order valence-corrected chi connectivity index (χ2v) is 6.03. The summed E-state index contributed by atoms with van der Waals surface area (Å²) in [5.41, 5.74) is -0.240. The molecule has 1 amide bonds. The predicted octanol–water partition coefficient (Wildman–Crippen LogP) is 2.15. The smallest absolute Gasteiger partial charge is 0.336 e. The Morgan fingerprint density at radius 1 is 1.23 bits per heavy atom. The summed E-state index contributed by atoms with van der Waals surface area (Å²) in [4.78, 5) is 35.4. The van der Waals surface area contributed by atoms with Gasteiger partial charge in [-0.1, -0.05) is 12.1 Å². The average molecular weight is 307 g/mol. The summed E-state index contributed by atoms with van der Waals surface area (Å²) in [6.45, 7) is 8.27. The van der Waals surface area contributed by atoms with E-state index in [4.69, 9.17) is 4.74 Å². The van der Waals surface area contributed by atoms with Gasteiger partial charge in [-0.3, -0.25) is 4.79 Å². The highest BCUT2D eigenvalue weighted by Gasteiger charge is 2.25. The van der Waals surface area contributed by atoms with E-state index in [1.807, 2.05) is 0 Å². The maximum Gasteiger partial charge on any atom is 0.336 e. The third-order valence-electron chi connectivity index (χ3n) is 2.84. The quantitative estimate of drug-likeness (QED) is 0.831. The summed E-state index contributed by atoms with van der Waals surface area (Å²) in [5.74, 6) is -2.39. The predicted molar refractivity (Wildman–Crippen MR) is 80.9 cm³/mol. The van der Waals surface area contributed by atoms with Crippen molar-refractivity contribution in [3.8, 4) is 0 Å². The molecule has 0 aliphatic carbocycles. The number of rotatable bonds is 4. The van der Waals surface area contributed by atoms with Gasteiger partial charge >= 0.3 is 11.9 Å². The Hall–Kier alpha value is -2.37. The molecular formula is C16H21NO5. The lowest BCUT2D eigenvalue weighted by molar-refractivity contribution is -0.156. The van der Waals surface area contributed by atoms with Gasteiger partial charge < -0.3 is 15.2 Å². The Morgan fingerprint density at radius 2 is 1.82 bits per heavy atom. The number of benzene rings is 1. The standard InChI is InChI=1S/C16H21NO5/c1-9-7-6-8-11(12(9)14(19)20)13(18)17-10(2)15(21)22-16(3,4)5/h6-8,10H,1-5H3,(H,17,18)(H,19,20). The molecular weight excluding hydrogens is 286 g/mol. The third-order valence-corrected chi connectivity index (χ3v) is 2.84. The maximum atomic E-state index is 12.2. The van der Waals surface area contributed by atoms with Crippen molar-refractivity contribution in [3.63, 3.8) is 0 Å². The Kier molecular flexibility index (Phi) is 5.30. The van der Waals surface area contributed by atoms with Gasteiger partial charge in [-0.15, -0.1) is 0 Å². The molecule has 0 radical (unpaired) electrons. The molecule has 6 nitrogen and oxygen atoms in total. The van der Waals surface area contributed by atoms with E-state index >= 15 is 0 Å². The van der Waals surface area contributed by atoms with Crippen molar-refractivity contribution >= 4 is 17.8 Å². The monoisotopic (exact) mass is 307 g/mol. The molecule has 0 saturated heterocycles. The van der Waals surface area contributed by atoms with Gasteiger partial charge in [0.15, 0.2) is 0 Å². The first-order chi connectivity index (χ1) is 10.0. The highest BCUT2D eigenvalue weighted by Crippen LogP contribution is 2.15. The largest absolute Gasteiger partial charge is 0.478 e. The summed E-state index contributed by atoms with van der Waals surface area (Å²) in [5, 5.41) is 11.7. The van der Waals surface area contributed by atoms with Crippen LogP contribution in [-0.4, -0.2) is 34.6 Å². The van der Waals surface area contributed by atoms with Gasteiger partial charge in [0.25, 0.3) is 5.91 Å². The molecule has 0 saturated carbocycles. The molecule has 1 aromatic carbocycles. The summed E-state index contributed by atoms with van der Waals surface area (Å²) in [6.07, 6.45) is 0. The lowest BCUT2D eigenvalue weighted by Gasteiger charge is -2.22. The van der Waals surface area contributed by atoms with Crippen LogP contribution in [0.1, 0.15) is 54.0 Å². The van der Waals surface area contributed by atoms with Crippen molar-refractivity contribution in [2.45, 2.75) is 46.3 Å². The van der Waals surface area contributed by atoms with Crippen molar-refractivity contribution in [3.05, 3.63) is 34.9 Å². The first-order valence-electron chi connectivity index (χ1n) is 6.89. The number of carbonyl (C=O) groups is 3. The minimum Gasteiger partial charge on any atom is -0.478 e. The molecule has 0 aliphatic heterocycles. The lowest BCUT2D eigenvalue weighted by atomic mass is 10.0. The number of aryl methyl sites for hydroxylation is 1. The number of hydrogen-bond donors (Lipinski definition) is 2. The highest BCUT2D eigenvalue weighted by molar-refractivity contribution is 6.06. The van der Waals surface area contributed by atoms with Gasteiger partial charge in [0.05, 0.1) is 11.1 Å². The molecule has 1 aromatic rings. The third kappa shape index (κ3) is 4.58. The zero-order valence-electron chi connectivity index (χ0n) is 13.4. The summed E-state index contributed by atoms with van der Waals surface area (Å²) in [7, 11) is 0. The van der Waals surface area contributed by atoms with Crippen LogP contribution in [0.5, 0.6) is 0 Å². The molecule has 22 heavy (non-hydrogen) atoms. The van der Waals surface area contributed by atoms with Crippen LogP contribution in [-0.2, 0) is 9.53 Å². The van der Waals surface area contributed by atoms with Crippen LogP contribution in [0, 0.1) is 6.92 Å². The van der Waals surface area contributed by atoms with E-state index in [0.717, 1.165) is 0 Å². The molecule has 0 aliphatic rings. The first-order valence-corrected chi connectivity index (χ1v) is 6.89. The van der Waals surface area contributed by atoms with E-state index in [0.29, 0.717) is 5.56 Å². The number of carbonyl (C=O) groups excluding carboxylic acids is 2. The van der Waals surface area contributed by atoms with E-state index in [2.05, 4.69) is 5.32 Å². The minimum atomic E-state index is -1.19. The highest BCUT2D eigenvalue weighted by atomic mass is 16.6. The van der Waals surface area contributed by atoms with Gasteiger partial charge in [0.2, 0.25) is 0 Å². The van der Waals surface area contributed by atoms with E-state index in [-0.39, 0.29) is 11.1 Å². The number of nitrogens with one attached hydrogen (secondary N) is 1. The molecule has 0 spiro atoms. The number of hydrogen-bond acceptors (Lipinski definition) is 4. The Labute approximate surface area is 129 Å². The van der Waals surface area contributed by atoms with Crippen molar-refractivity contribution in [2.24, 2.45) is 0 Å². The number of esters is 1. The average Bonchev–Trinajstić information content (AvgIpc) is 2.35.